The van der Waals surface area contributed by atoms with E-state index in [1.54, 1.807) is 19.5 Å². The van der Waals surface area contributed by atoms with E-state index in [0.29, 0.717) is 17.2 Å². The fourth-order valence-electron chi connectivity index (χ4n) is 4.02. The predicted molar refractivity (Wildman–Crippen MR) is 127 cm³/mol. The quantitative estimate of drug-likeness (QED) is 0.192. The molecule has 2 atom stereocenters. The monoisotopic (exact) mass is 449 g/mol. The summed E-state index contributed by atoms with van der Waals surface area (Å²) in [4.78, 5) is 16.5. The van der Waals surface area contributed by atoms with Crippen molar-refractivity contribution in [3.8, 4) is 16.8 Å². The van der Waals surface area contributed by atoms with E-state index in [2.05, 4.69) is 21.3 Å². The van der Waals surface area contributed by atoms with Crippen LogP contribution in [0.1, 0.15) is 34.0 Å². The van der Waals surface area contributed by atoms with Crippen LogP contribution in [0.25, 0.3) is 16.8 Å². The van der Waals surface area contributed by atoms with Crippen molar-refractivity contribution in [1.29, 1.82) is 0 Å². The van der Waals surface area contributed by atoms with Gasteiger partial charge in [-0.05, 0) is 41.3 Å². The molecule has 8 heteroatoms. The summed E-state index contributed by atoms with van der Waals surface area (Å²) in [6.07, 6.45) is 4.02. The summed E-state index contributed by atoms with van der Waals surface area (Å²) in [5.74, 6) is 5.72. The van der Waals surface area contributed by atoms with Crippen LogP contribution in [0, 0.1) is 5.92 Å². The summed E-state index contributed by atoms with van der Waals surface area (Å²) in [6.45, 7) is 0. The van der Waals surface area contributed by atoms with Crippen molar-refractivity contribution >= 4 is 29.5 Å². The minimum absolute atomic E-state index is 0.0372. The third-order valence-electron chi connectivity index (χ3n) is 5.65. The van der Waals surface area contributed by atoms with Gasteiger partial charge in [0.2, 0.25) is 0 Å². The molecule has 32 heavy (non-hydrogen) atoms. The van der Waals surface area contributed by atoms with Gasteiger partial charge in [0.05, 0.1) is 30.4 Å². The first-order valence-corrected chi connectivity index (χ1v) is 10.8. The molecule has 1 heterocycles. The first-order chi connectivity index (χ1) is 15.6. The van der Waals surface area contributed by atoms with Crippen LogP contribution in [-0.4, -0.2) is 41.8 Å². The Hall–Kier alpha value is -3.45. The highest BCUT2D eigenvalue weighted by Gasteiger charge is 2.46. The highest BCUT2D eigenvalue weighted by Crippen LogP contribution is 2.49. The number of hydrazone groups is 1. The van der Waals surface area contributed by atoms with Crippen LogP contribution in [0.5, 0.6) is 0 Å². The molecule has 0 saturated heterocycles. The molecule has 1 aliphatic rings. The Morgan fingerprint density at radius 1 is 1.28 bits per heavy atom. The number of ether oxygens (including phenoxy) is 1. The zero-order chi connectivity index (χ0) is 22.7. The number of carbonyl (C=O) groups is 1. The van der Waals surface area contributed by atoms with Gasteiger partial charge in [0, 0.05) is 31.0 Å². The van der Waals surface area contributed by atoms with Gasteiger partial charge in [-0.2, -0.15) is 10.2 Å². The fourth-order valence-corrected chi connectivity index (χ4v) is 4.19. The van der Waals surface area contributed by atoms with Gasteiger partial charge in [0.15, 0.2) is 0 Å². The number of nitrogens with zero attached hydrogens (tertiary/aromatic N) is 4. The molecule has 0 unspecified atom stereocenters. The zero-order valence-electron chi connectivity index (χ0n) is 17.9. The van der Waals surface area contributed by atoms with Crippen molar-refractivity contribution in [3.05, 3.63) is 71.5 Å². The molecule has 1 saturated carbocycles. The number of halogens is 1. The zero-order valence-corrected chi connectivity index (χ0v) is 18.7. The van der Waals surface area contributed by atoms with E-state index in [1.165, 1.54) is 7.11 Å². The minimum Gasteiger partial charge on any atom is -0.465 e. The molecule has 7 nitrogen and oxygen atoms in total. The van der Waals surface area contributed by atoms with E-state index in [1.807, 2.05) is 47.1 Å². The summed E-state index contributed by atoms with van der Waals surface area (Å²) < 4.78 is 6.81. The Morgan fingerprint density at radius 2 is 2.03 bits per heavy atom. The van der Waals surface area contributed by atoms with Crippen LogP contribution in [0.4, 0.5) is 0 Å². The van der Waals surface area contributed by atoms with Crippen LogP contribution in [0.2, 0.25) is 0 Å². The lowest BCUT2D eigenvalue weighted by atomic mass is 10.0. The van der Waals surface area contributed by atoms with Crippen molar-refractivity contribution in [3.63, 3.8) is 0 Å². The molecule has 4 rings (SSSR count). The lowest BCUT2D eigenvalue weighted by molar-refractivity contribution is 0.0599. The maximum atomic E-state index is 12.5. The minimum atomic E-state index is -0.418. The van der Waals surface area contributed by atoms with Gasteiger partial charge < -0.3 is 10.6 Å². The fraction of sp³-hybridized carbons (Fsp3) is 0.250. The summed E-state index contributed by atoms with van der Waals surface area (Å²) in [5, 5.41) is 8.42. The number of aliphatic imine (C=N–C) groups is 1. The number of benzene rings is 2. The van der Waals surface area contributed by atoms with E-state index in [-0.39, 0.29) is 11.8 Å². The topological polar surface area (TPSA) is 94.9 Å². The summed E-state index contributed by atoms with van der Waals surface area (Å²) in [6, 6.07) is 16.1. The first kappa shape index (κ1) is 21.8. The molecule has 2 aromatic carbocycles. The second-order valence-corrected chi connectivity index (χ2v) is 7.89. The maximum Gasteiger partial charge on any atom is 0.341 e. The highest BCUT2D eigenvalue weighted by molar-refractivity contribution is 6.32. The van der Waals surface area contributed by atoms with Crippen molar-refractivity contribution in [1.82, 2.24) is 9.78 Å². The number of alkyl halides is 1. The maximum absolute atomic E-state index is 12.5. The number of carbonyl (C=O) groups excluding carboxylic acids is 1. The number of rotatable bonds is 7. The summed E-state index contributed by atoms with van der Waals surface area (Å²) in [5.41, 5.74) is 5.93. The van der Waals surface area contributed by atoms with Crippen LogP contribution in [-0.2, 0) is 10.6 Å². The Bertz CT molecular complexity index is 1200. The summed E-state index contributed by atoms with van der Waals surface area (Å²) >= 11 is 6.01. The molecule has 1 fully saturated rings. The van der Waals surface area contributed by atoms with E-state index in [9.17, 15) is 4.79 Å². The Morgan fingerprint density at radius 3 is 2.72 bits per heavy atom. The second-order valence-electron chi connectivity index (χ2n) is 7.62. The van der Waals surface area contributed by atoms with Gasteiger partial charge in [-0.3, -0.25) is 4.99 Å². The van der Waals surface area contributed by atoms with Gasteiger partial charge in [-0.1, -0.05) is 30.3 Å². The molecule has 0 aliphatic heterocycles. The van der Waals surface area contributed by atoms with Crippen molar-refractivity contribution in [2.24, 2.45) is 21.9 Å². The number of methoxy groups -OCH3 is 1. The molecular formula is C24H24ClN5O2. The van der Waals surface area contributed by atoms with E-state index >= 15 is 0 Å². The highest BCUT2D eigenvalue weighted by atomic mass is 35.5. The number of hydrogen-bond donors (Lipinski definition) is 1. The van der Waals surface area contributed by atoms with Gasteiger partial charge in [0.1, 0.15) is 5.56 Å². The number of aromatic nitrogens is 2. The summed E-state index contributed by atoms with van der Waals surface area (Å²) in [7, 11) is 3.05. The number of hydrogen-bond acceptors (Lipinski definition) is 6. The van der Waals surface area contributed by atoms with E-state index in [0.717, 1.165) is 34.5 Å². The lowest BCUT2D eigenvalue weighted by Gasteiger charge is -2.11. The smallest absolute Gasteiger partial charge is 0.341 e. The standard InChI is InChI=1S/C24H24ClN5O2/c1-27-14-22(29-26)19-11-20(19)23-21(24(31)32-2)13-28-30(23)18-8-4-7-17(10-18)16-6-3-5-15(9-16)12-25/h3-10,13-14,19-20H,11-12,26H2,1-2H3/t19-,20-/m1/s1. The average molecular weight is 450 g/mol. The first-order valence-electron chi connectivity index (χ1n) is 10.2. The molecule has 164 valence electrons. The third-order valence-corrected chi connectivity index (χ3v) is 5.96. The molecule has 2 N–H and O–H groups in total. The van der Waals surface area contributed by atoms with Gasteiger partial charge >= 0.3 is 5.97 Å². The average Bonchev–Trinajstić information content (AvgIpc) is 3.50. The van der Waals surface area contributed by atoms with Gasteiger partial charge in [0.25, 0.3) is 0 Å². The van der Waals surface area contributed by atoms with Crippen molar-refractivity contribution < 1.29 is 9.53 Å². The Kier molecular flexibility index (Phi) is 6.37. The molecule has 0 amide bonds. The lowest BCUT2D eigenvalue weighted by Crippen LogP contribution is -2.12. The SMILES string of the molecule is CN=CC(=NN)[C@@H]1C[C@H]1c1c(C(=O)OC)cnn1-c1cccc(-c2cccc(CCl)c2)c1. The van der Waals surface area contributed by atoms with Gasteiger partial charge in [-0.25, -0.2) is 9.48 Å². The molecule has 0 radical (unpaired) electrons. The van der Waals surface area contributed by atoms with Crippen LogP contribution < -0.4 is 5.84 Å². The number of nitrogens with two attached hydrogens (primary N) is 1. The Labute approximate surface area is 191 Å². The molecular weight excluding hydrogens is 426 g/mol. The van der Waals surface area contributed by atoms with Crippen LogP contribution in [0.3, 0.4) is 0 Å². The molecule has 3 aromatic rings. The largest absolute Gasteiger partial charge is 0.465 e. The molecule has 0 bridgehead atoms. The Balaban J connectivity index is 1.77. The second kappa shape index (κ2) is 9.36. The van der Waals surface area contributed by atoms with Crippen LogP contribution >= 0.6 is 11.6 Å². The van der Waals surface area contributed by atoms with Crippen molar-refractivity contribution in [2.75, 3.05) is 14.2 Å². The third kappa shape index (κ3) is 4.16. The van der Waals surface area contributed by atoms with E-state index < -0.39 is 5.97 Å². The molecule has 0 spiro atoms. The van der Waals surface area contributed by atoms with E-state index in [4.69, 9.17) is 22.2 Å². The van der Waals surface area contributed by atoms with Crippen LogP contribution in [0.15, 0.2) is 64.8 Å². The molecule has 1 aliphatic carbocycles. The molecule has 1 aromatic heterocycles. The number of esters is 1. The van der Waals surface area contributed by atoms with Crippen molar-refractivity contribution in [2.45, 2.75) is 18.2 Å². The normalized spacial score (nSPS) is 18.2. The van der Waals surface area contributed by atoms with Gasteiger partial charge in [-0.15, -0.1) is 11.6 Å². The predicted octanol–water partition coefficient (Wildman–Crippen LogP) is 4.18.